The second-order valence-corrected chi connectivity index (χ2v) is 6.65. The van der Waals surface area contributed by atoms with E-state index in [1.54, 1.807) is 41.0 Å². The van der Waals surface area contributed by atoms with Gasteiger partial charge in [0.25, 0.3) is 11.8 Å². The predicted molar refractivity (Wildman–Crippen MR) is 113 cm³/mol. The summed E-state index contributed by atoms with van der Waals surface area (Å²) in [7, 11) is 0. The number of hydrogen-bond acceptors (Lipinski definition) is 4. The van der Waals surface area contributed by atoms with Crippen molar-refractivity contribution in [1.82, 2.24) is 20.4 Å². The Balaban J connectivity index is 1.42. The Labute approximate surface area is 173 Å². The van der Waals surface area contributed by atoms with E-state index in [0.29, 0.717) is 17.1 Å². The van der Waals surface area contributed by atoms with Crippen LogP contribution in [0, 0.1) is 6.92 Å². The molecule has 4 rings (SSSR count). The Morgan fingerprint density at radius 3 is 2.43 bits per heavy atom. The third-order valence-electron chi connectivity index (χ3n) is 4.57. The van der Waals surface area contributed by atoms with Gasteiger partial charge >= 0.3 is 0 Å². The van der Waals surface area contributed by atoms with Crippen LogP contribution in [-0.4, -0.2) is 21.4 Å². The number of nitrogens with one attached hydrogen (secondary N) is 2. The smallest absolute Gasteiger partial charge is 0.273 e. The summed E-state index contributed by atoms with van der Waals surface area (Å²) in [6.07, 6.45) is 0. The van der Waals surface area contributed by atoms with Crippen LogP contribution in [0.4, 0.5) is 0 Å². The second-order valence-electron chi connectivity index (χ2n) is 6.65. The number of benzene rings is 3. The van der Waals surface area contributed by atoms with E-state index < -0.39 is 5.91 Å². The first-order valence-electron chi connectivity index (χ1n) is 9.45. The van der Waals surface area contributed by atoms with Crippen LogP contribution in [0.5, 0.6) is 11.5 Å². The van der Waals surface area contributed by atoms with Gasteiger partial charge in [-0.25, -0.2) is 4.98 Å². The molecule has 150 valence electrons. The van der Waals surface area contributed by atoms with Crippen LogP contribution in [0.1, 0.15) is 16.2 Å². The lowest BCUT2D eigenvalue weighted by Crippen LogP contribution is -2.43. The number of fused-ring (bicyclic) bond motifs is 1. The number of hydrazine groups is 1. The van der Waals surface area contributed by atoms with Crippen LogP contribution >= 0.6 is 0 Å². The quantitative estimate of drug-likeness (QED) is 0.501. The van der Waals surface area contributed by atoms with Gasteiger partial charge < -0.3 is 9.30 Å². The Morgan fingerprint density at radius 1 is 0.900 bits per heavy atom. The molecule has 0 aliphatic heterocycles. The summed E-state index contributed by atoms with van der Waals surface area (Å²) in [6, 6.07) is 23.6. The minimum absolute atomic E-state index is 0.0365. The van der Waals surface area contributed by atoms with Crippen molar-refractivity contribution in [1.29, 1.82) is 0 Å². The highest BCUT2D eigenvalue weighted by Gasteiger charge is 2.15. The maximum Gasteiger partial charge on any atom is 0.273 e. The first-order chi connectivity index (χ1) is 14.6. The zero-order valence-corrected chi connectivity index (χ0v) is 16.3. The highest BCUT2D eigenvalue weighted by molar-refractivity contribution is 5.98. The van der Waals surface area contributed by atoms with Crippen LogP contribution in [0.2, 0.25) is 0 Å². The third kappa shape index (κ3) is 4.15. The van der Waals surface area contributed by atoms with Gasteiger partial charge in [0, 0.05) is 0 Å². The van der Waals surface area contributed by atoms with E-state index in [1.807, 2.05) is 49.4 Å². The molecule has 2 amide bonds. The van der Waals surface area contributed by atoms with Crippen molar-refractivity contribution in [2.75, 3.05) is 0 Å². The first kappa shape index (κ1) is 19.2. The van der Waals surface area contributed by atoms with Crippen molar-refractivity contribution in [3.63, 3.8) is 0 Å². The molecule has 0 saturated heterocycles. The third-order valence-corrected chi connectivity index (χ3v) is 4.57. The lowest BCUT2D eigenvalue weighted by molar-refractivity contribution is -0.122. The van der Waals surface area contributed by atoms with Crippen molar-refractivity contribution in [3.05, 3.63) is 90.3 Å². The maximum atomic E-state index is 12.6. The molecule has 0 atom stereocenters. The summed E-state index contributed by atoms with van der Waals surface area (Å²) in [5, 5.41) is 0. The lowest BCUT2D eigenvalue weighted by atomic mass is 10.2. The number of hydrogen-bond donors (Lipinski definition) is 2. The molecule has 7 heteroatoms. The summed E-state index contributed by atoms with van der Waals surface area (Å²) in [4.78, 5) is 29.5. The van der Waals surface area contributed by atoms with Gasteiger partial charge in [-0.05, 0) is 43.3 Å². The lowest BCUT2D eigenvalue weighted by Gasteiger charge is -2.12. The zero-order valence-electron chi connectivity index (χ0n) is 16.3. The molecular weight excluding hydrogens is 380 g/mol. The molecule has 2 N–H and O–H groups in total. The van der Waals surface area contributed by atoms with Gasteiger partial charge in [-0.1, -0.05) is 42.5 Å². The second kappa shape index (κ2) is 8.48. The summed E-state index contributed by atoms with van der Waals surface area (Å²) in [5.74, 6) is 0.897. The molecular formula is C23H20N4O3. The Morgan fingerprint density at radius 2 is 1.60 bits per heavy atom. The minimum atomic E-state index is -0.470. The van der Waals surface area contributed by atoms with Crippen LogP contribution in [0.25, 0.3) is 11.0 Å². The van der Waals surface area contributed by atoms with Crippen LogP contribution in [0.3, 0.4) is 0 Å². The highest BCUT2D eigenvalue weighted by atomic mass is 16.5. The topological polar surface area (TPSA) is 85.3 Å². The van der Waals surface area contributed by atoms with Gasteiger partial charge in [0.2, 0.25) is 0 Å². The summed E-state index contributed by atoms with van der Waals surface area (Å²) in [6.45, 7) is 1.87. The standard InChI is InChI=1S/C23H20N4O3/c1-16-24-19-12-6-7-13-20(19)27(16)15-22(28)25-26-23(29)18-11-5-8-14-21(18)30-17-9-3-2-4-10-17/h2-14H,15H2,1H3,(H,25,28)(H,26,29). The number of aryl methyl sites for hydroxylation is 1. The van der Waals surface area contributed by atoms with E-state index in [-0.39, 0.29) is 12.5 Å². The molecule has 4 aromatic rings. The molecule has 0 saturated carbocycles. The molecule has 1 heterocycles. The molecule has 0 radical (unpaired) electrons. The van der Waals surface area contributed by atoms with Gasteiger partial charge in [0.05, 0.1) is 16.6 Å². The Hall–Kier alpha value is -4.13. The zero-order chi connectivity index (χ0) is 20.9. The largest absolute Gasteiger partial charge is 0.457 e. The molecule has 0 aliphatic rings. The first-order valence-corrected chi connectivity index (χ1v) is 9.45. The molecule has 0 spiro atoms. The molecule has 3 aromatic carbocycles. The highest BCUT2D eigenvalue weighted by Crippen LogP contribution is 2.24. The van der Waals surface area contributed by atoms with Crippen molar-refractivity contribution >= 4 is 22.8 Å². The molecule has 30 heavy (non-hydrogen) atoms. The number of carbonyl (C=O) groups excluding carboxylic acids is 2. The number of amides is 2. The van der Waals surface area contributed by atoms with Gasteiger partial charge in [0.15, 0.2) is 0 Å². The normalized spacial score (nSPS) is 10.6. The summed E-state index contributed by atoms with van der Waals surface area (Å²) >= 11 is 0. The van der Waals surface area contributed by atoms with Crippen LogP contribution in [0.15, 0.2) is 78.9 Å². The molecule has 7 nitrogen and oxygen atoms in total. The Bertz CT molecular complexity index is 1200. The van der Waals surface area contributed by atoms with Gasteiger partial charge in [-0.15, -0.1) is 0 Å². The number of rotatable bonds is 5. The van der Waals surface area contributed by atoms with Gasteiger partial charge in [-0.2, -0.15) is 0 Å². The van der Waals surface area contributed by atoms with E-state index in [1.165, 1.54) is 0 Å². The van der Waals surface area contributed by atoms with E-state index in [2.05, 4.69) is 15.8 Å². The van der Waals surface area contributed by atoms with Crippen molar-refractivity contribution in [2.24, 2.45) is 0 Å². The SMILES string of the molecule is Cc1nc2ccccc2n1CC(=O)NNC(=O)c1ccccc1Oc1ccccc1. The number of aromatic nitrogens is 2. The number of para-hydroxylation sites is 4. The predicted octanol–water partition coefficient (Wildman–Crippen LogP) is 3.60. The van der Waals surface area contributed by atoms with Crippen molar-refractivity contribution in [3.8, 4) is 11.5 Å². The van der Waals surface area contributed by atoms with Gasteiger partial charge in [0.1, 0.15) is 23.9 Å². The van der Waals surface area contributed by atoms with Crippen molar-refractivity contribution < 1.29 is 14.3 Å². The van der Waals surface area contributed by atoms with Gasteiger partial charge in [-0.3, -0.25) is 20.4 Å². The molecule has 0 unspecified atom stereocenters. The number of ether oxygens (including phenoxy) is 1. The minimum Gasteiger partial charge on any atom is -0.457 e. The fourth-order valence-electron chi connectivity index (χ4n) is 3.13. The average Bonchev–Trinajstić information content (AvgIpc) is 3.08. The fraction of sp³-hybridized carbons (Fsp3) is 0.0870. The van der Waals surface area contributed by atoms with E-state index >= 15 is 0 Å². The summed E-state index contributed by atoms with van der Waals surface area (Å²) < 4.78 is 7.60. The Kier molecular flexibility index (Phi) is 5.43. The number of nitrogens with zero attached hydrogens (tertiary/aromatic N) is 2. The van der Waals surface area contributed by atoms with E-state index in [9.17, 15) is 9.59 Å². The van der Waals surface area contributed by atoms with Crippen molar-refractivity contribution in [2.45, 2.75) is 13.5 Å². The molecule has 0 aliphatic carbocycles. The number of imidazole rings is 1. The summed E-state index contributed by atoms with van der Waals surface area (Å²) in [5.41, 5.74) is 6.90. The van der Waals surface area contributed by atoms with E-state index in [0.717, 1.165) is 16.9 Å². The molecule has 1 aromatic heterocycles. The van der Waals surface area contributed by atoms with Crippen LogP contribution < -0.4 is 15.6 Å². The molecule has 0 bridgehead atoms. The number of carbonyl (C=O) groups is 2. The fourth-order valence-corrected chi connectivity index (χ4v) is 3.13. The molecule has 0 fully saturated rings. The van der Waals surface area contributed by atoms with Crippen LogP contribution in [-0.2, 0) is 11.3 Å². The van der Waals surface area contributed by atoms with E-state index in [4.69, 9.17) is 4.74 Å². The maximum absolute atomic E-state index is 12.6. The average molecular weight is 400 g/mol. The monoisotopic (exact) mass is 400 g/mol.